The molecule has 0 saturated heterocycles. The number of hydrogen-bond donors (Lipinski definition) is 2. The monoisotopic (exact) mass is 590 g/mol. The zero-order valence-corrected chi connectivity index (χ0v) is 23.8. The first-order valence-corrected chi connectivity index (χ1v) is 14.3. The molecular formula is C30H30N4O7S. The van der Waals surface area contributed by atoms with Gasteiger partial charge in [0, 0.05) is 0 Å². The highest BCUT2D eigenvalue weighted by Crippen LogP contribution is 2.32. The molecule has 3 aromatic carbocycles. The van der Waals surface area contributed by atoms with Gasteiger partial charge in [-0.15, -0.1) is 0 Å². The first kappa shape index (κ1) is 29.9. The minimum absolute atomic E-state index is 0.0348. The molecule has 0 radical (unpaired) electrons. The lowest BCUT2D eigenvalue weighted by atomic mass is 10.2. The highest BCUT2D eigenvalue weighted by molar-refractivity contribution is 7.92. The molecule has 0 unspecified atom stereocenters. The van der Waals surface area contributed by atoms with Gasteiger partial charge in [-0.25, -0.2) is 13.8 Å². The Bertz CT molecular complexity index is 1620. The third-order valence-electron chi connectivity index (χ3n) is 5.94. The van der Waals surface area contributed by atoms with Gasteiger partial charge in [0.1, 0.15) is 23.8 Å². The fourth-order valence-electron chi connectivity index (χ4n) is 3.77. The number of nitrogens with zero attached hydrogens (tertiary/aromatic N) is 2. The third kappa shape index (κ3) is 7.98. The highest BCUT2D eigenvalue weighted by Gasteiger charge is 2.29. The largest absolute Gasteiger partial charge is 0.495 e. The van der Waals surface area contributed by atoms with Gasteiger partial charge < -0.3 is 19.2 Å². The van der Waals surface area contributed by atoms with Crippen LogP contribution in [0.1, 0.15) is 16.9 Å². The van der Waals surface area contributed by atoms with Gasteiger partial charge in [0.25, 0.3) is 21.8 Å². The number of ether oxygens (including phenoxy) is 2. The molecule has 4 aromatic rings. The van der Waals surface area contributed by atoms with E-state index in [1.807, 2.05) is 6.92 Å². The molecule has 1 aromatic heterocycles. The first-order valence-electron chi connectivity index (χ1n) is 12.8. The third-order valence-corrected chi connectivity index (χ3v) is 7.72. The molecule has 4 rings (SSSR count). The van der Waals surface area contributed by atoms with Crippen molar-refractivity contribution in [2.75, 3.05) is 24.6 Å². The van der Waals surface area contributed by atoms with Gasteiger partial charge in [0.05, 0.1) is 36.7 Å². The molecule has 42 heavy (non-hydrogen) atoms. The molecule has 0 aliphatic heterocycles. The van der Waals surface area contributed by atoms with Crippen molar-refractivity contribution in [3.63, 3.8) is 0 Å². The number of hydrogen-bond acceptors (Lipinski definition) is 8. The maximum Gasteiger partial charge on any atom is 0.264 e. The van der Waals surface area contributed by atoms with Crippen LogP contribution in [0.25, 0.3) is 0 Å². The van der Waals surface area contributed by atoms with E-state index in [9.17, 15) is 18.0 Å². The number of amides is 2. The van der Waals surface area contributed by atoms with Crippen LogP contribution >= 0.6 is 0 Å². The number of carbonyl (C=O) groups is 2. The Labute approximate surface area is 243 Å². The number of anilines is 1. The number of rotatable bonds is 13. The van der Waals surface area contributed by atoms with E-state index < -0.39 is 22.5 Å². The van der Waals surface area contributed by atoms with Gasteiger partial charge in [-0.1, -0.05) is 29.8 Å². The Balaban J connectivity index is 1.36. The summed E-state index contributed by atoms with van der Waals surface area (Å²) in [5.41, 5.74) is 4.12. The Hall–Kier alpha value is -5.10. The summed E-state index contributed by atoms with van der Waals surface area (Å²) in [5.74, 6) is 0.444. The minimum atomic E-state index is -4.11. The summed E-state index contributed by atoms with van der Waals surface area (Å²) in [6.45, 7) is 1.41. The molecule has 218 valence electrons. The van der Waals surface area contributed by atoms with E-state index in [0.717, 1.165) is 9.87 Å². The normalized spacial score (nSPS) is 11.2. The molecule has 0 aliphatic rings. The second-order valence-electron chi connectivity index (χ2n) is 9.00. The lowest BCUT2D eigenvalue weighted by Gasteiger charge is -2.25. The molecule has 0 bridgehead atoms. The lowest BCUT2D eigenvalue weighted by Crippen LogP contribution is -2.39. The topological polar surface area (TPSA) is 140 Å². The zero-order valence-electron chi connectivity index (χ0n) is 23.0. The van der Waals surface area contributed by atoms with Gasteiger partial charge in [0.15, 0.2) is 6.61 Å². The molecule has 0 fully saturated rings. The predicted molar refractivity (Wildman–Crippen MR) is 157 cm³/mol. The van der Waals surface area contributed by atoms with Crippen molar-refractivity contribution >= 4 is 33.7 Å². The van der Waals surface area contributed by atoms with Crippen LogP contribution in [0, 0.1) is 6.92 Å². The Morgan fingerprint density at radius 2 is 1.69 bits per heavy atom. The van der Waals surface area contributed by atoms with Gasteiger partial charge in [-0.05, 0) is 73.2 Å². The molecule has 0 saturated carbocycles. The minimum Gasteiger partial charge on any atom is -0.495 e. The Kier molecular flexibility index (Phi) is 9.95. The van der Waals surface area contributed by atoms with Crippen LogP contribution in [0.5, 0.6) is 11.5 Å². The summed E-state index contributed by atoms with van der Waals surface area (Å²) >= 11 is 0. The second-order valence-corrected chi connectivity index (χ2v) is 10.9. The molecule has 2 amide bonds. The van der Waals surface area contributed by atoms with Gasteiger partial charge in [-0.3, -0.25) is 13.9 Å². The summed E-state index contributed by atoms with van der Waals surface area (Å²) < 4.78 is 44.1. The van der Waals surface area contributed by atoms with Crippen LogP contribution in [0.2, 0.25) is 0 Å². The Morgan fingerprint density at radius 3 is 2.38 bits per heavy atom. The highest BCUT2D eigenvalue weighted by atomic mass is 32.2. The smallest absolute Gasteiger partial charge is 0.264 e. The number of furan rings is 1. The van der Waals surface area contributed by atoms with Crippen LogP contribution < -0.4 is 24.5 Å². The van der Waals surface area contributed by atoms with E-state index in [-0.39, 0.29) is 29.6 Å². The lowest BCUT2D eigenvalue weighted by molar-refractivity contribution is -0.123. The van der Waals surface area contributed by atoms with Crippen LogP contribution in [0.4, 0.5) is 5.69 Å². The van der Waals surface area contributed by atoms with Crippen molar-refractivity contribution in [2.45, 2.75) is 18.4 Å². The number of aryl methyl sites for hydroxylation is 1. The molecule has 1 heterocycles. The van der Waals surface area contributed by atoms with E-state index in [0.29, 0.717) is 22.8 Å². The van der Waals surface area contributed by atoms with E-state index in [1.54, 1.807) is 72.8 Å². The maximum absolute atomic E-state index is 13.6. The van der Waals surface area contributed by atoms with E-state index in [2.05, 4.69) is 15.8 Å². The molecular weight excluding hydrogens is 560 g/mol. The van der Waals surface area contributed by atoms with Crippen LogP contribution in [-0.2, 0) is 26.2 Å². The van der Waals surface area contributed by atoms with Crippen LogP contribution in [0.3, 0.4) is 0 Å². The summed E-state index contributed by atoms with van der Waals surface area (Å²) in [7, 11) is -2.69. The fourth-order valence-corrected chi connectivity index (χ4v) is 5.20. The molecule has 0 atom stereocenters. The summed E-state index contributed by atoms with van der Waals surface area (Å²) in [5, 5.41) is 6.65. The maximum atomic E-state index is 13.6. The number of nitrogens with one attached hydrogen (secondary N) is 2. The number of methoxy groups -OCH3 is 1. The quantitative estimate of drug-likeness (QED) is 0.179. The van der Waals surface area contributed by atoms with Crippen molar-refractivity contribution in [1.29, 1.82) is 0 Å². The molecule has 11 nitrogen and oxygen atoms in total. The Morgan fingerprint density at radius 1 is 0.952 bits per heavy atom. The SMILES string of the molecule is COc1ccccc1N(CC(=O)NN=Cc1ccc(OCC(=O)NCc2ccco2)cc1)S(=O)(=O)c1ccc(C)cc1. The molecule has 0 aliphatic carbocycles. The first-order chi connectivity index (χ1) is 20.3. The van der Waals surface area contributed by atoms with Crippen molar-refractivity contribution < 1.29 is 31.9 Å². The number of hydrazone groups is 1. The van der Waals surface area contributed by atoms with Crippen molar-refractivity contribution in [3.05, 3.63) is 108 Å². The average Bonchev–Trinajstić information content (AvgIpc) is 3.52. The fraction of sp³-hybridized carbons (Fsp3) is 0.167. The van der Waals surface area contributed by atoms with Crippen LogP contribution in [0.15, 0.2) is 106 Å². The van der Waals surface area contributed by atoms with E-state index in [4.69, 9.17) is 13.9 Å². The second kappa shape index (κ2) is 14.0. The standard InChI is InChI=1S/C30H30N4O7S/c1-22-9-15-26(16-10-22)42(37,38)34(27-7-3-4-8-28(27)39-2)20-29(35)33-32-18-23-11-13-24(14-12-23)41-21-30(36)31-19-25-6-5-17-40-25/h3-18H,19-21H2,1-2H3,(H,31,36)(H,33,35). The van der Waals surface area contributed by atoms with Gasteiger partial charge in [-0.2, -0.15) is 5.10 Å². The number of sulfonamides is 1. The molecule has 12 heteroatoms. The molecule has 0 spiro atoms. The average molecular weight is 591 g/mol. The van der Waals surface area contributed by atoms with E-state index >= 15 is 0 Å². The molecule has 2 N–H and O–H groups in total. The number of para-hydroxylation sites is 2. The number of carbonyl (C=O) groups excluding carboxylic acids is 2. The van der Waals surface area contributed by atoms with Gasteiger partial charge >= 0.3 is 0 Å². The van der Waals surface area contributed by atoms with Crippen molar-refractivity contribution in [3.8, 4) is 11.5 Å². The summed E-state index contributed by atoms with van der Waals surface area (Å²) in [6, 6.07) is 23.1. The van der Waals surface area contributed by atoms with Gasteiger partial charge in [0.2, 0.25) is 0 Å². The predicted octanol–water partition coefficient (Wildman–Crippen LogP) is 3.64. The summed E-state index contributed by atoms with van der Waals surface area (Å²) in [6.07, 6.45) is 2.93. The van der Waals surface area contributed by atoms with Crippen LogP contribution in [-0.4, -0.2) is 46.7 Å². The van der Waals surface area contributed by atoms with E-state index in [1.165, 1.54) is 31.7 Å². The summed E-state index contributed by atoms with van der Waals surface area (Å²) in [4.78, 5) is 24.8. The van der Waals surface area contributed by atoms with Crippen molar-refractivity contribution in [2.24, 2.45) is 5.10 Å². The zero-order chi connectivity index (χ0) is 30.0. The van der Waals surface area contributed by atoms with Crippen molar-refractivity contribution in [1.82, 2.24) is 10.7 Å². The number of benzene rings is 3.